The highest BCUT2D eigenvalue weighted by atomic mass is 16.5. The number of aryl methyl sites for hydroxylation is 1. The SMILES string of the molecule is CCCC1CCC(n2cc(C)nc2NC(C)COC)CC1. The van der Waals surface area contributed by atoms with Crippen LogP contribution in [0.25, 0.3) is 0 Å². The fraction of sp³-hybridized carbons (Fsp3) is 0.824. The Bertz CT molecular complexity index is 422. The van der Waals surface area contributed by atoms with Gasteiger partial charge in [0.15, 0.2) is 0 Å². The van der Waals surface area contributed by atoms with Gasteiger partial charge in [0, 0.05) is 25.4 Å². The van der Waals surface area contributed by atoms with Crippen LogP contribution in [0.15, 0.2) is 6.20 Å². The lowest BCUT2D eigenvalue weighted by Crippen LogP contribution is -2.25. The molecule has 0 spiro atoms. The zero-order valence-electron chi connectivity index (χ0n) is 14.1. The molecule has 0 amide bonds. The number of anilines is 1. The molecule has 1 aliphatic rings. The van der Waals surface area contributed by atoms with Crippen molar-refractivity contribution in [1.82, 2.24) is 9.55 Å². The van der Waals surface area contributed by atoms with E-state index in [9.17, 15) is 0 Å². The van der Waals surface area contributed by atoms with Crippen LogP contribution in [0.5, 0.6) is 0 Å². The zero-order valence-corrected chi connectivity index (χ0v) is 14.1. The highest BCUT2D eigenvalue weighted by Crippen LogP contribution is 2.36. The Morgan fingerprint density at radius 1 is 1.38 bits per heavy atom. The molecule has 1 aromatic heterocycles. The molecule has 1 N–H and O–H groups in total. The number of imidazole rings is 1. The molecule has 1 aromatic rings. The molecule has 0 bridgehead atoms. The van der Waals surface area contributed by atoms with Gasteiger partial charge in [-0.3, -0.25) is 0 Å². The first kappa shape index (κ1) is 16.3. The van der Waals surface area contributed by atoms with Crippen molar-refractivity contribution in [2.24, 2.45) is 5.92 Å². The van der Waals surface area contributed by atoms with Gasteiger partial charge >= 0.3 is 0 Å². The van der Waals surface area contributed by atoms with Crippen molar-refractivity contribution in [3.05, 3.63) is 11.9 Å². The third kappa shape index (κ3) is 4.47. The van der Waals surface area contributed by atoms with Gasteiger partial charge in [-0.2, -0.15) is 0 Å². The maximum absolute atomic E-state index is 5.21. The van der Waals surface area contributed by atoms with E-state index in [1.54, 1.807) is 7.11 Å². The molecule has 0 aromatic carbocycles. The highest BCUT2D eigenvalue weighted by Gasteiger charge is 2.24. The topological polar surface area (TPSA) is 39.1 Å². The van der Waals surface area contributed by atoms with E-state index in [0.717, 1.165) is 17.6 Å². The van der Waals surface area contributed by atoms with Crippen LogP contribution in [0.2, 0.25) is 0 Å². The minimum absolute atomic E-state index is 0.284. The fourth-order valence-corrected chi connectivity index (χ4v) is 3.53. The molecule has 0 saturated heterocycles. The predicted octanol–water partition coefficient (Wildman–Crippen LogP) is 4.17. The van der Waals surface area contributed by atoms with Crippen LogP contribution < -0.4 is 5.32 Å². The third-order valence-electron chi connectivity index (χ3n) is 4.55. The second-order valence-corrected chi connectivity index (χ2v) is 6.58. The Labute approximate surface area is 129 Å². The summed E-state index contributed by atoms with van der Waals surface area (Å²) in [6.45, 7) is 7.21. The second-order valence-electron chi connectivity index (χ2n) is 6.58. The summed E-state index contributed by atoms with van der Waals surface area (Å²) in [7, 11) is 1.74. The molecule has 1 fully saturated rings. The summed E-state index contributed by atoms with van der Waals surface area (Å²) in [4.78, 5) is 4.66. The van der Waals surface area contributed by atoms with Crippen LogP contribution in [-0.2, 0) is 4.74 Å². The van der Waals surface area contributed by atoms with Gasteiger partial charge in [0.25, 0.3) is 0 Å². The van der Waals surface area contributed by atoms with Gasteiger partial charge in [-0.15, -0.1) is 0 Å². The third-order valence-corrected chi connectivity index (χ3v) is 4.55. The Hall–Kier alpha value is -1.03. The van der Waals surface area contributed by atoms with Crippen LogP contribution in [0, 0.1) is 12.8 Å². The molecule has 1 aliphatic carbocycles. The Morgan fingerprint density at radius 2 is 2.10 bits per heavy atom. The lowest BCUT2D eigenvalue weighted by atomic mass is 9.83. The van der Waals surface area contributed by atoms with Crippen molar-refractivity contribution in [3.63, 3.8) is 0 Å². The summed E-state index contributed by atoms with van der Waals surface area (Å²) in [6, 6.07) is 0.892. The molecule has 4 heteroatoms. The van der Waals surface area contributed by atoms with Crippen LogP contribution in [0.1, 0.15) is 64.1 Å². The smallest absolute Gasteiger partial charge is 0.203 e. The quantitative estimate of drug-likeness (QED) is 0.820. The van der Waals surface area contributed by atoms with Crippen molar-refractivity contribution in [3.8, 4) is 0 Å². The summed E-state index contributed by atoms with van der Waals surface area (Å²) >= 11 is 0. The van der Waals surface area contributed by atoms with E-state index in [-0.39, 0.29) is 6.04 Å². The summed E-state index contributed by atoms with van der Waals surface area (Å²) in [5, 5.41) is 3.49. The number of nitrogens with one attached hydrogen (secondary N) is 1. The minimum Gasteiger partial charge on any atom is -0.383 e. The number of hydrogen-bond acceptors (Lipinski definition) is 3. The van der Waals surface area contributed by atoms with Crippen molar-refractivity contribution in [2.75, 3.05) is 19.0 Å². The Balaban J connectivity index is 2.00. The van der Waals surface area contributed by atoms with E-state index >= 15 is 0 Å². The number of ether oxygens (including phenoxy) is 1. The predicted molar refractivity (Wildman–Crippen MR) is 87.8 cm³/mol. The molecule has 4 nitrogen and oxygen atoms in total. The Morgan fingerprint density at radius 3 is 2.71 bits per heavy atom. The van der Waals surface area contributed by atoms with Crippen molar-refractivity contribution >= 4 is 5.95 Å². The number of aromatic nitrogens is 2. The molecule has 1 heterocycles. The average molecular weight is 293 g/mol. The number of nitrogens with zero attached hydrogens (tertiary/aromatic N) is 2. The van der Waals surface area contributed by atoms with E-state index in [1.807, 2.05) is 0 Å². The molecule has 1 atom stereocenters. The van der Waals surface area contributed by atoms with Crippen LogP contribution in [-0.4, -0.2) is 29.3 Å². The molecule has 0 radical (unpaired) electrons. The molecule has 1 unspecified atom stereocenters. The van der Waals surface area contributed by atoms with Crippen molar-refractivity contribution in [2.45, 2.75) is 71.4 Å². The molecule has 120 valence electrons. The molecule has 2 rings (SSSR count). The second kappa shape index (κ2) is 7.83. The normalized spacial score (nSPS) is 24.0. The van der Waals surface area contributed by atoms with Gasteiger partial charge in [0.1, 0.15) is 0 Å². The lowest BCUT2D eigenvalue weighted by molar-refractivity contribution is 0.189. The van der Waals surface area contributed by atoms with Gasteiger partial charge in [0.05, 0.1) is 12.3 Å². The van der Waals surface area contributed by atoms with Crippen molar-refractivity contribution in [1.29, 1.82) is 0 Å². The number of rotatable bonds is 7. The van der Waals surface area contributed by atoms with Gasteiger partial charge in [0.2, 0.25) is 5.95 Å². The van der Waals surface area contributed by atoms with E-state index in [4.69, 9.17) is 4.74 Å². The summed E-state index contributed by atoms with van der Waals surface area (Å²) < 4.78 is 7.57. The fourth-order valence-electron chi connectivity index (χ4n) is 3.53. The molecule has 21 heavy (non-hydrogen) atoms. The minimum atomic E-state index is 0.284. The summed E-state index contributed by atoms with van der Waals surface area (Å²) in [5.41, 5.74) is 1.10. The molecule has 0 aliphatic heterocycles. The average Bonchev–Trinajstić information content (AvgIpc) is 2.81. The maximum Gasteiger partial charge on any atom is 0.203 e. The van der Waals surface area contributed by atoms with Gasteiger partial charge in [-0.25, -0.2) is 4.98 Å². The zero-order chi connectivity index (χ0) is 15.2. The van der Waals surface area contributed by atoms with Gasteiger partial charge < -0.3 is 14.6 Å². The largest absolute Gasteiger partial charge is 0.383 e. The van der Waals surface area contributed by atoms with Crippen LogP contribution >= 0.6 is 0 Å². The highest BCUT2D eigenvalue weighted by molar-refractivity contribution is 5.31. The summed E-state index contributed by atoms with van der Waals surface area (Å²) in [6.07, 6.45) is 10.2. The van der Waals surface area contributed by atoms with Gasteiger partial charge in [-0.05, 0) is 45.4 Å². The first-order chi connectivity index (χ1) is 10.1. The van der Waals surface area contributed by atoms with Crippen LogP contribution in [0.4, 0.5) is 5.95 Å². The number of hydrogen-bond donors (Lipinski definition) is 1. The molecular formula is C17H31N3O. The van der Waals surface area contributed by atoms with E-state index in [2.05, 4.69) is 41.8 Å². The molecular weight excluding hydrogens is 262 g/mol. The van der Waals surface area contributed by atoms with Crippen LogP contribution in [0.3, 0.4) is 0 Å². The lowest BCUT2D eigenvalue weighted by Gasteiger charge is -2.30. The molecule has 1 saturated carbocycles. The first-order valence-electron chi connectivity index (χ1n) is 8.45. The van der Waals surface area contributed by atoms with Crippen molar-refractivity contribution < 1.29 is 4.74 Å². The first-order valence-corrected chi connectivity index (χ1v) is 8.45. The monoisotopic (exact) mass is 293 g/mol. The standard InChI is InChI=1S/C17H31N3O/c1-5-6-15-7-9-16(10-8-15)20-11-13(2)18-17(20)19-14(3)12-21-4/h11,14-16H,5-10,12H2,1-4H3,(H,18,19). The van der Waals surface area contributed by atoms with E-state index in [1.165, 1.54) is 38.5 Å². The van der Waals surface area contributed by atoms with E-state index in [0.29, 0.717) is 12.6 Å². The maximum atomic E-state index is 5.21. The van der Waals surface area contributed by atoms with Gasteiger partial charge in [-0.1, -0.05) is 19.8 Å². The number of methoxy groups -OCH3 is 1. The van der Waals surface area contributed by atoms with E-state index < -0.39 is 0 Å². The Kier molecular flexibility index (Phi) is 6.09. The summed E-state index contributed by atoms with van der Waals surface area (Å²) in [5.74, 6) is 1.95.